The second-order valence-electron chi connectivity index (χ2n) is 9.01. The number of ether oxygens (including phenoxy) is 2. The zero-order chi connectivity index (χ0) is 23.3. The number of aromatic nitrogens is 3. The van der Waals surface area contributed by atoms with Gasteiger partial charge in [0, 0.05) is 19.3 Å². The highest BCUT2D eigenvalue weighted by molar-refractivity contribution is 7.51. The minimum atomic E-state index is -4.37. The molecule has 2 aliphatic heterocycles. The Labute approximate surface area is 189 Å². The Hall–Kier alpha value is -2.10. The molecule has 0 radical (unpaired) electrons. The van der Waals surface area contributed by atoms with Crippen molar-refractivity contribution in [3.8, 4) is 6.07 Å². The van der Waals surface area contributed by atoms with E-state index in [0.29, 0.717) is 23.3 Å². The Morgan fingerprint density at radius 2 is 1.94 bits per heavy atom. The van der Waals surface area contributed by atoms with Crippen molar-refractivity contribution in [1.29, 1.82) is 5.26 Å². The van der Waals surface area contributed by atoms with Crippen LogP contribution in [0.4, 0.5) is 5.82 Å². The van der Waals surface area contributed by atoms with E-state index in [1.54, 1.807) is 16.8 Å². The number of nitrogens with zero attached hydrogens (tertiary/aromatic N) is 5. The monoisotopic (exact) mass is 479 g/mol. The normalized spacial score (nSPS) is 31.9. The van der Waals surface area contributed by atoms with Crippen LogP contribution in [-0.2, 0) is 14.0 Å². The Morgan fingerprint density at radius 3 is 2.61 bits per heavy atom. The summed E-state index contributed by atoms with van der Waals surface area (Å²) in [5, 5.41) is 31.2. The molecule has 6 atom stereocenters. The van der Waals surface area contributed by atoms with Gasteiger partial charge >= 0.3 is 7.60 Å². The number of nitriles is 1. The first-order valence-electron chi connectivity index (χ1n) is 10.9. The molecule has 5 rings (SSSR count). The number of fused-ring (bicyclic) bond motifs is 2. The lowest BCUT2D eigenvalue weighted by Crippen LogP contribution is -2.34. The van der Waals surface area contributed by atoms with Gasteiger partial charge in [-0.3, -0.25) is 4.57 Å². The predicted molar refractivity (Wildman–Crippen MR) is 114 cm³/mol. The van der Waals surface area contributed by atoms with Gasteiger partial charge in [-0.15, -0.1) is 0 Å². The van der Waals surface area contributed by atoms with Crippen LogP contribution in [0.3, 0.4) is 0 Å². The van der Waals surface area contributed by atoms with Crippen LogP contribution in [0, 0.1) is 23.2 Å². The van der Waals surface area contributed by atoms with E-state index in [2.05, 4.69) is 14.9 Å². The summed E-state index contributed by atoms with van der Waals surface area (Å²) in [6, 6.07) is 3.81. The standard InChI is InChI=1S/C20H26N5O7P/c21-6-15-22-18(24-7-11-2-1-3-12(11)8-24)13-4-5-25(19(13)23-15)20-17(27)16(26)14(32-20)9-31-10-33(28,29)30/h4-5,11-12,14,16-17,20,26-27H,1-3,7-10H2,(H2,28,29,30)/t11?,12?,14-,16-,17-,20-/m1/s1. The van der Waals surface area contributed by atoms with Crippen molar-refractivity contribution in [1.82, 2.24) is 14.5 Å². The molecule has 12 nitrogen and oxygen atoms in total. The van der Waals surface area contributed by atoms with E-state index in [0.717, 1.165) is 18.5 Å². The summed E-state index contributed by atoms with van der Waals surface area (Å²) in [6.07, 6.45) is -0.177. The van der Waals surface area contributed by atoms with Crippen molar-refractivity contribution in [2.24, 2.45) is 11.8 Å². The van der Waals surface area contributed by atoms with Gasteiger partial charge < -0.3 is 38.9 Å². The fraction of sp³-hybridized carbons (Fsp3) is 0.650. The third kappa shape index (κ3) is 4.26. The number of hydrogen-bond donors (Lipinski definition) is 4. The van der Waals surface area contributed by atoms with E-state index in [1.165, 1.54) is 19.3 Å². The molecule has 0 bridgehead atoms. The van der Waals surface area contributed by atoms with Crippen LogP contribution < -0.4 is 4.90 Å². The van der Waals surface area contributed by atoms with E-state index in [9.17, 15) is 20.0 Å². The maximum absolute atomic E-state index is 11.0. The predicted octanol–water partition coefficient (Wildman–Crippen LogP) is 0.310. The summed E-state index contributed by atoms with van der Waals surface area (Å²) in [4.78, 5) is 28.9. The molecule has 13 heteroatoms. The zero-order valence-electron chi connectivity index (χ0n) is 17.8. The highest BCUT2D eigenvalue weighted by Gasteiger charge is 2.45. The summed E-state index contributed by atoms with van der Waals surface area (Å²) in [5.41, 5.74) is 0.404. The van der Waals surface area contributed by atoms with Gasteiger partial charge in [0.2, 0.25) is 5.82 Å². The van der Waals surface area contributed by atoms with Gasteiger partial charge in [0.25, 0.3) is 0 Å². The molecule has 1 saturated carbocycles. The van der Waals surface area contributed by atoms with Crippen LogP contribution in [0.25, 0.3) is 11.0 Å². The fourth-order valence-electron chi connectivity index (χ4n) is 5.31. The van der Waals surface area contributed by atoms with Gasteiger partial charge in [-0.05, 0) is 30.7 Å². The van der Waals surface area contributed by atoms with Gasteiger partial charge in [-0.2, -0.15) is 5.26 Å². The van der Waals surface area contributed by atoms with Gasteiger partial charge in [0.05, 0.1) is 12.0 Å². The molecule has 0 amide bonds. The number of anilines is 1. The summed E-state index contributed by atoms with van der Waals surface area (Å²) in [6.45, 7) is 1.46. The van der Waals surface area contributed by atoms with Crippen LogP contribution in [0.1, 0.15) is 31.3 Å². The van der Waals surface area contributed by atoms with E-state index < -0.39 is 38.5 Å². The Morgan fingerprint density at radius 1 is 1.21 bits per heavy atom. The molecule has 4 N–H and O–H groups in total. The molecule has 33 heavy (non-hydrogen) atoms. The Balaban J connectivity index is 1.42. The highest BCUT2D eigenvalue weighted by atomic mass is 31.2. The average Bonchev–Trinajstić information content (AvgIpc) is 3.52. The molecule has 3 fully saturated rings. The molecule has 0 spiro atoms. The molecule has 178 valence electrons. The average molecular weight is 479 g/mol. The third-order valence-electron chi connectivity index (χ3n) is 6.83. The minimum Gasteiger partial charge on any atom is -0.387 e. The molecule has 4 heterocycles. The first-order chi connectivity index (χ1) is 15.7. The van der Waals surface area contributed by atoms with Crippen LogP contribution >= 0.6 is 7.60 Å². The summed E-state index contributed by atoms with van der Waals surface area (Å²) in [5.74, 6) is 1.95. The van der Waals surface area contributed by atoms with E-state index in [4.69, 9.17) is 19.3 Å². The first-order valence-corrected chi connectivity index (χ1v) is 12.7. The second kappa shape index (κ2) is 8.60. The maximum Gasteiger partial charge on any atom is 0.350 e. The molecule has 0 aromatic carbocycles. The molecule has 2 aromatic heterocycles. The van der Waals surface area contributed by atoms with Crippen LogP contribution in [0.2, 0.25) is 0 Å². The second-order valence-corrected chi connectivity index (χ2v) is 10.6. The third-order valence-corrected chi connectivity index (χ3v) is 7.35. The van der Waals surface area contributed by atoms with Crippen molar-refractivity contribution >= 4 is 24.4 Å². The molecule has 1 aliphatic carbocycles. The van der Waals surface area contributed by atoms with E-state index in [-0.39, 0.29) is 12.4 Å². The van der Waals surface area contributed by atoms with Crippen molar-refractivity contribution < 1.29 is 34.0 Å². The summed E-state index contributed by atoms with van der Waals surface area (Å²) >= 11 is 0. The van der Waals surface area contributed by atoms with Gasteiger partial charge in [-0.25, -0.2) is 9.97 Å². The largest absolute Gasteiger partial charge is 0.387 e. The van der Waals surface area contributed by atoms with Gasteiger partial charge in [0.1, 0.15) is 42.2 Å². The van der Waals surface area contributed by atoms with Gasteiger partial charge in [-0.1, -0.05) is 6.42 Å². The number of aliphatic hydroxyl groups is 2. The highest BCUT2D eigenvalue weighted by Crippen LogP contribution is 2.41. The number of hydrogen-bond acceptors (Lipinski definition) is 9. The van der Waals surface area contributed by atoms with Gasteiger partial charge in [0.15, 0.2) is 6.23 Å². The SMILES string of the molecule is N#Cc1nc(N2CC3CCCC3C2)c2ccn([C@@H]3O[C@H](COCP(=O)(O)O)[C@@H](O)[C@H]3O)c2n1. The van der Waals surface area contributed by atoms with Crippen molar-refractivity contribution in [2.45, 2.75) is 43.8 Å². The van der Waals surface area contributed by atoms with Crippen LogP contribution in [-0.4, -0.2) is 78.9 Å². The number of rotatable bonds is 6. The quantitative estimate of drug-likeness (QED) is 0.420. The molecule has 2 aromatic rings. The van der Waals surface area contributed by atoms with Crippen molar-refractivity contribution in [3.63, 3.8) is 0 Å². The lowest BCUT2D eigenvalue weighted by atomic mass is 10.0. The molecule has 2 unspecified atom stereocenters. The molecular formula is C20H26N5O7P. The Bertz CT molecular complexity index is 1120. The van der Waals surface area contributed by atoms with Crippen LogP contribution in [0.15, 0.2) is 12.3 Å². The van der Waals surface area contributed by atoms with Crippen molar-refractivity contribution in [2.75, 3.05) is 30.9 Å². The van der Waals surface area contributed by atoms with Crippen LogP contribution in [0.5, 0.6) is 0 Å². The lowest BCUT2D eigenvalue weighted by molar-refractivity contribution is -0.0610. The molecular weight excluding hydrogens is 453 g/mol. The summed E-state index contributed by atoms with van der Waals surface area (Å²) in [7, 11) is -4.37. The maximum atomic E-state index is 11.0. The van der Waals surface area contributed by atoms with Crippen molar-refractivity contribution in [3.05, 3.63) is 18.1 Å². The summed E-state index contributed by atoms with van der Waals surface area (Å²) < 4.78 is 23.3. The topological polar surface area (TPSA) is 174 Å². The van der Waals surface area contributed by atoms with E-state index in [1.807, 2.05) is 6.07 Å². The zero-order valence-corrected chi connectivity index (χ0v) is 18.7. The Kier molecular flexibility index (Phi) is 5.91. The smallest absolute Gasteiger partial charge is 0.350 e. The van der Waals surface area contributed by atoms with E-state index >= 15 is 0 Å². The first kappa shape index (κ1) is 22.7. The fourth-order valence-corrected chi connectivity index (χ4v) is 5.65. The number of aliphatic hydroxyl groups excluding tert-OH is 2. The lowest BCUT2D eigenvalue weighted by Gasteiger charge is -2.21. The minimum absolute atomic E-state index is 0.00377. The molecule has 2 saturated heterocycles. The molecule has 3 aliphatic rings.